The topological polar surface area (TPSA) is 74.2 Å². The largest absolute Gasteiger partial charge is 0.481 e. The zero-order chi connectivity index (χ0) is 14.1. The van der Waals surface area contributed by atoms with Crippen molar-refractivity contribution >= 4 is 23.3 Å². The van der Waals surface area contributed by atoms with Crippen molar-refractivity contribution in [3.05, 3.63) is 23.5 Å². The van der Waals surface area contributed by atoms with E-state index in [9.17, 15) is 4.79 Å². The molecule has 5 nitrogen and oxygen atoms in total. The molecule has 0 aliphatic carbocycles. The Labute approximate surface area is 118 Å². The van der Waals surface area contributed by atoms with Crippen LogP contribution >= 0.6 is 11.6 Å². The fraction of sp³-hybridized carbons (Fsp3) is 0.538. The lowest BCUT2D eigenvalue weighted by atomic mass is 10.1. The van der Waals surface area contributed by atoms with Crippen LogP contribution in [0.25, 0.3) is 0 Å². The summed E-state index contributed by atoms with van der Waals surface area (Å²) in [6.07, 6.45) is 4.21. The first-order chi connectivity index (χ1) is 9.13. The normalized spacial score (nSPS) is 15.3. The molecule has 0 bridgehead atoms. The maximum atomic E-state index is 9.37. The highest BCUT2D eigenvalue weighted by atomic mass is 35.5. The second-order valence-electron chi connectivity index (χ2n) is 4.26. The van der Waals surface area contributed by atoms with E-state index in [1.165, 1.54) is 0 Å². The number of hydrogen-bond acceptors (Lipinski definition) is 4. The van der Waals surface area contributed by atoms with Crippen LogP contribution in [0.1, 0.15) is 26.2 Å². The summed E-state index contributed by atoms with van der Waals surface area (Å²) in [5, 5.41) is 15.0. The number of nitrogens with zero attached hydrogens (tertiary/aromatic N) is 1. The molecule has 6 heteroatoms. The predicted octanol–water partition coefficient (Wildman–Crippen LogP) is 2.38. The lowest BCUT2D eigenvalue weighted by Gasteiger charge is -2.24. The van der Waals surface area contributed by atoms with E-state index in [0.29, 0.717) is 11.2 Å². The van der Waals surface area contributed by atoms with Crippen LogP contribution in [0.2, 0.25) is 5.15 Å². The Morgan fingerprint density at radius 3 is 2.74 bits per heavy atom. The number of pyridine rings is 1. The number of anilines is 1. The number of carbonyl (C=O) groups is 1. The van der Waals surface area contributed by atoms with Crippen molar-refractivity contribution in [3.8, 4) is 0 Å². The number of aromatic nitrogens is 1. The van der Waals surface area contributed by atoms with Crippen molar-refractivity contribution in [2.24, 2.45) is 0 Å². The molecule has 0 saturated carbocycles. The van der Waals surface area contributed by atoms with Crippen LogP contribution in [0, 0.1) is 0 Å². The van der Waals surface area contributed by atoms with Crippen molar-refractivity contribution in [3.63, 3.8) is 0 Å². The highest BCUT2D eigenvalue weighted by Gasteiger charge is 2.13. The van der Waals surface area contributed by atoms with Gasteiger partial charge >= 0.3 is 5.97 Å². The van der Waals surface area contributed by atoms with Crippen molar-refractivity contribution in [1.82, 2.24) is 10.3 Å². The van der Waals surface area contributed by atoms with E-state index in [1.807, 2.05) is 12.1 Å². The van der Waals surface area contributed by atoms with Gasteiger partial charge in [-0.15, -0.1) is 0 Å². The molecule has 0 amide bonds. The van der Waals surface area contributed by atoms with Crippen LogP contribution in [0.15, 0.2) is 18.3 Å². The maximum absolute atomic E-state index is 9.37. The number of piperidine rings is 1. The lowest BCUT2D eigenvalue weighted by Crippen LogP contribution is -2.35. The first kappa shape index (κ1) is 15.7. The standard InChI is InChI=1S/C10H14ClN3.C3H6O2/c11-10-9(2-1-5-13-10)14-8-3-6-12-7-4-8;1-2-3(4)5/h1-2,5,8,12,14H,3-4,6-7H2;2H2,1H3,(H,4,5). The molecule has 1 saturated heterocycles. The summed E-state index contributed by atoms with van der Waals surface area (Å²) in [5.41, 5.74) is 0.945. The van der Waals surface area contributed by atoms with Crippen LogP contribution in [0.5, 0.6) is 0 Å². The molecule has 19 heavy (non-hydrogen) atoms. The summed E-state index contributed by atoms with van der Waals surface area (Å²) in [7, 11) is 0. The molecule has 0 spiro atoms. The summed E-state index contributed by atoms with van der Waals surface area (Å²) in [4.78, 5) is 13.4. The summed E-state index contributed by atoms with van der Waals surface area (Å²) < 4.78 is 0. The third-order valence-corrected chi connectivity index (χ3v) is 3.06. The van der Waals surface area contributed by atoms with E-state index in [-0.39, 0.29) is 6.42 Å². The molecule has 1 aliphatic rings. The van der Waals surface area contributed by atoms with Crippen LogP contribution in [-0.4, -0.2) is 35.2 Å². The molecule has 106 valence electrons. The van der Waals surface area contributed by atoms with Gasteiger partial charge in [0.15, 0.2) is 5.15 Å². The predicted molar refractivity (Wildman–Crippen MR) is 76.7 cm³/mol. The van der Waals surface area contributed by atoms with Gasteiger partial charge in [-0.1, -0.05) is 18.5 Å². The van der Waals surface area contributed by atoms with E-state index >= 15 is 0 Å². The third-order valence-electron chi connectivity index (χ3n) is 2.76. The molecule has 1 fully saturated rings. The number of halogens is 1. The Balaban J connectivity index is 0.000000312. The van der Waals surface area contributed by atoms with Crippen LogP contribution in [0.4, 0.5) is 5.69 Å². The molecular formula is C13H20ClN3O2. The highest BCUT2D eigenvalue weighted by Crippen LogP contribution is 2.20. The summed E-state index contributed by atoms with van der Waals surface area (Å²) in [5.74, 6) is -0.745. The minimum atomic E-state index is -0.745. The number of hydrogen-bond donors (Lipinski definition) is 3. The summed E-state index contributed by atoms with van der Waals surface area (Å²) in [6.45, 7) is 3.76. The average Bonchev–Trinajstić information content (AvgIpc) is 2.43. The van der Waals surface area contributed by atoms with E-state index in [2.05, 4.69) is 15.6 Å². The smallest absolute Gasteiger partial charge is 0.303 e. The quantitative estimate of drug-likeness (QED) is 0.744. The highest BCUT2D eigenvalue weighted by molar-refractivity contribution is 6.31. The second-order valence-corrected chi connectivity index (χ2v) is 4.62. The Hall–Kier alpha value is -1.33. The minimum absolute atomic E-state index is 0.222. The molecular weight excluding hydrogens is 266 g/mol. The van der Waals surface area contributed by atoms with Crippen LogP contribution in [0.3, 0.4) is 0 Å². The zero-order valence-corrected chi connectivity index (χ0v) is 11.8. The fourth-order valence-electron chi connectivity index (χ4n) is 1.68. The second kappa shape index (κ2) is 8.72. The Morgan fingerprint density at radius 1 is 1.58 bits per heavy atom. The van der Waals surface area contributed by atoms with Crippen molar-refractivity contribution in [2.45, 2.75) is 32.2 Å². The number of nitrogens with one attached hydrogen (secondary N) is 2. The molecule has 1 aliphatic heterocycles. The lowest BCUT2D eigenvalue weighted by molar-refractivity contribution is -0.136. The van der Waals surface area contributed by atoms with E-state index in [0.717, 1.165) is 31.6 Å². The monoisotopic (exact) mass is 285 g/mol. The van der Waals surface area contributed by atoms with Gasteiger partial charge in [0.05, 0.1) is 5.69 Å². The van der Waals surface area contributed by atoms with Gasteiger partial charge in [0, 0.05) is 18.7 Å². The summed E-state index contributed by atoms with van der Waals surface area (Å²) in [6, 6.07) is 4.39. The van der Waals surface area contributed by atoms with Gasteiger partial charge in [-0.3, -0.25) is 4.79 Å². The van der Waals surface area contributed by atoms with Gasteiger partial charge in [0.1, 0.15) is 0 Å². The molecule has 2 heterocycles. The maximum Gasteiger partial charge on any atom is 0.303 e. The van der Waals surface area contributed by atoms with Gasteiger partial charge in [-0.05, 0) is 38.1 Å². The van der Waals surface area contributed by atoms with Crippen molar-refractivity contribution in [1.29, 1.82) is 0 Å². The minimum Gasteiger partial charge on any atom is -0.481 e. The molecule has 1 aromatic rings. The molecule has 0 radical (unpaired) electrons. The van der Waals surface area contributed by atoms with Gasteiger partial charge < -0.3 is 15.7 Å². The first-order valence-corrected chi connectivity index (χ1v) is 6.80. The first-order valence-electron chi connectivity index (χ1n) is 6.43. The van der Waals surface area contributed by atoms with Gasteiger partial charge in [0.2, 0.25) is 0 Å². The van der Waals surface area contributed by atoms with Crippen molar-refractivity contribution < 1.29 is 9.90 Å². The SMILES string of the molecule is CCC(=O)O.Clc1ncccc1NC1CCNCC1. The van der Waals surface area contributed by atoms with Crippen molar-refractivity contribution in [2.75, 3.05) is 18.4 Å². The zero-order valence-electron chi connectivity index (χ0n) is 11.0. The number of rotatable bonds is 3. The third kappa shape index (κ3) is 6.40. The Bertz CT molecular complexity index is 395. The van der Waals surface area contributed by atoms with Crippen LogP contribution in [-0.2, 0) is 4.79 Å². The number of carboxylic acid groups (broad SMARTS) is 1. The van der Waals surface area contributed by atoms with Gasteiger partial charge in [-0.2, -0.15) is 0 Å². The molecule has 1 aromatic heterocycles. The van der Waals surface area contributed by atoms with Gasteiger partial charge in [0.25, 0.3) is 0 Å². The van der Waals surface area contributed by atoms with E-state index < -0.39 is 5.97 Å². The molecule has 3 N–H and O–H groups in total. The van der Waals surface area contributed by atoms with Crippen LogP contribution < -0.4 is 10.6 Å². The molecule has 0 atom stereocenters. The Morgan fingerprint density at radius 2 is 2.21 bits per heavy atom. The average molecular weight is 286 g/mol. The molecule has 2 rings (SSSR count). The van der Waals surface area contributed by atoms with E-state index in [4.69, 9.17) is 16.7 Å². The number of aliphatic carboxylic acids is 1. The summed E-state index contributed by atoms with van der Waals surface area (Å²) >= 11 is 5.95. The molecule has 0 aromatic carbocycles. The molecule has 0 unspecified atom stereocenters. The number of carboxylic acids is 1. The van der Waals surface area contributed by atoms with E-state index in [1.54, 1.807) is 13.1 Å². The van der Waals surface area contributed by atoms with Gasteiger partial charge in [-0.25, -0.2) is 4.98 Å². The Kier molecular flexibility index (Phi) is 7.22. The fourth-order valence-corrected chi connectivity index (χ4v) is 1.85.